The van der Waals surface area contributed by atoms with Gasteiger partial charge in [0.25, 0.3) is 0 Å². The minimum absolute atomic E-state index is 0.444. The van der Waals surface area contributed by atoms with Crippen molar-refractivity contribution < 1.29 is 23.2 Å². The standard InChI is InChI=1S/C15H12F2O3S/c16-12-5-1-10(2-6-12)15(21(20)9-14(18)19)11-3-7-13(17)8-4-11/h1-8,15H,9H2,(H,18,19)/t21-/m0/s1. The first-order chi connectivity index (χ1) is 9.97. The molecule has 21 heavy (non-hydrogen) atoms. The van der Waals surface area contributed by atoms with Crippen molar-refractivity contribution in [3.63, 3.8) is 0 Å². The molecular formula is C15H12F2O3S. The molecule has 0 aliphatic carbocycles. The fourth-order valence-corrected chi connectivity index (χ4v) is 3.31. The van der Waals surface area contributed by atoms with Crippen molar-refractivity contribution in [2.45, 2.75) is 5.25 Å². The quantitative estimate of drug-likeness (QED) is 0.864. The van der Waals surface area contributed by atoms with Crippen molar-refractivity contribution in [3.8, 4) is 0 Å². The van der Waals surface area contributed by atoms with E-state index >= 15 is 0 Å². The Kier molecular flexibility index (Phi) is 4.93. The molecule has 0 saturated carbocycles. The van der Waals surface area contributed by atoms with Gasteiger partial charge in [-0.15, -0.1) is 0 Å². The van der Waals surface area contributed by atoms with Gasteiger partial charge < -0.3 is 9.66 Å². The summed E-state index contributed by atoms with van der Waals surface area (Å²) in [6.07, 6.45) is 0. The van der Waals surface area contributed by atoms with Gasteiger partial charge in [-0.05, 0) is 35.4 Å². The summed E-state index contributed by atoms with van der Waals surface area (Å²) < 4.78 is 38.3. The molecule has 0 aliphatic rings. The molecule has 0 heterocycles. The fourth-order valence-electron chi connectivity index (χ4n) is 1.98. The Balaban J connectivity index is 2.40. The average molecular weight is 310 g/mol. The van der Waals surface area contributed by atoms with Crippen molar-refractivity contribution in [2.75, 3.05) is 5.75 Å². The normalized spacial score (nSPS) is 12.4. The zero-order chi connectivity index (χ0) is 15.4. The summed E-state index contributed by atoms with van der Waals surface area (Å²) in [5.74, 6) is -2.62. The second-order valence-corrected chi connectivity index (χ2v) is 5.92. The van der Waals surface area contributed by atoms with Gasteiger partial charge in [-0.1, -0.05) is 24.3 Å². The number of aliphatic carboxylic acids is 1. The van der Waals surface area contributed by atoms with Gasteiger partial charge in [-0.25, -0.2) is 13.6 Å². The Bertz CT molecular complexity index is 568. The summed E-state index contributed by atoms with van der Waals surface area (Å²) in [6.45, 7) is 0. The first-order valence-electron chi connectivity index (χ1n) is 6.07. The highest BCUT2D eigenvalue weighted by atomic mass is 32.2. The topological polar surface area (TPSA) is 60.4 Å². The number of carbonyl (C=O) groups is 1. The highest BCUT2D eigenvalue weighted by Gasteiger charge is 2.28. The third kappa shape index (κ3) is 4.03. The van der Waals surface area contributed by atoms with E-state index in [1.165, 1.54) is 48.5 Å². The van der Waals surface area contributed by atoms with E-state index in [0.29, 0.717) is 11.1 Å². The first-order valence-corrected chi connectivity index (χ1v) is 7.45. The van der Waals surface area contributed by atoms with Crippen LogP contribution in [-0.2, 0) is 16.0 Å². The predicted molar refractivity (Wildman–Crippen MR) is 75.3 cm³/mol. The highest BCUT2D eigenvalue weighted by Crippen LogP contribution is 2.31. The highest BCUT2D eigenvalue weighted by molar-refractivity contribution is 7.92. The number of benzene rings is 2. The van der Waals surface area contributed by atoms with E-state index in [9.17, 15) is 18.1 Å². The van der Waals surface area contributed by atoms with E-state index in [1.807, 2.05) is 0 Å². The van der Waals surface area contributed by atoms with Crippen molar-refractivity contribution in [2.24, 2.45) is 0 Å². The molecule has 0 bridgehead atoms. The maximum atomic E-state index is 13.0. The molecule has 0 aromatic heterocycles. The van der Waals surface area contributed by atoms with Crippen LogP contribution in [0.3, 0.4) is 0 Å². The summed E-state index contributed by atoms with van der Waals surface area (Å²) in [5, 5.41) is 8.05. The molecule has 0 aliphatic heterocycles. The van der Waals surface area contributed by atoms with E-state index in [4.69, 9.17) is 5.11 Å². The van der Waals surface area contributed by atoms with Crippen molar-refractivity contribution in [1.82, 2.24) is 0 Å². The lowest BCUT2D eigenvalue weighted by Crippen LogP contribution is -2.23. The van der Waals surface area contributed by atoms with E-state index in [-0.39, 0.29) is 0 Å². The van der Waals surface area contributed by atoms with Crippen LogP contribution in [0, 0.1) is 11.6 Å². The Morgan fingerprint density at radius 1 is 1.00 bits per heavy atom. The summed E-state index contributed by atoms with van der Waals surface area (Å²) in [7, 11) is 0. The summed E-state index contributed by atoms with van der Waals surface area (Å²) in [5.41, 5.74) is 1.03. The Labute approximate surface area is 123 Å². The molecule has 0 radical (unpaired) electrons. The molecule has 2 aromatic rings. The third-order valence-corrected chi connectivity index (χ3v) is 4.48. The van der Waals surface area contributed by atoms with Crippen molar-refractivity contribution in [1.29, 1.82) is 0 Å². The number of carboxylic acid groups (broad SMARTS) is 1. The van der Waals surface area contributed by atoms with Crippen LogP contribution in [0.1, 0.15) is 16.4 Å². The molecule has 0 fully saturated rings. The number of hydrogen-bond acceptors (Lipinski definition) is 2. The minimum atomic E-state index is -1.75. The molecule has 3 nitrogen and oxygen atoms in total. The van der Waals surface area contributed by atoms with Crippen LogP contribution in [0.15, 0.2) is 48.5 Å². The lowest BCUT2D eigenvalue weighted by Gasteiger charge is -2.21. The van der Waals surface area contributed by atoms with E-state index < -0.39 is 39.8 Å². The monoisotopic (exact) mass is 310 g/mol. The molecular weight excluding hydrogens is 298 g/mol. The third-order valence-electron chi connectivity index (χ3n) is 2.87. The summed E-state index contributed by atoms with van der Waals surface area (Å²) >= 11 is -1.75. The van der Waals surface area contributed by atoms with Gasteiger partial charge in [0.05, 0.1) is 0 Å². The van der Waals surface area contributed by atoms with Crippen LogP contribution in [0.25, 0.3) is 0 Å². The second kappa shape index (κ2) is 6.69. The van der Waals surface area contributed by atoms with E-state index in [2.05, 4.69) is 0 Å². The van der Waals surface area contributed by atoms with E-state index in [0.717, 1.165) is 0 Å². The predicted octanol–water partition coefficient (Wildman–Crippen LogP) is 2.89. The summed E-state index contributed by atoms with van der Waals surface area (Å²) in [4.78, 5) is 10.8. The number of hydrogen-bond donors (Lipinski definition) is 1. The maximum Gasteiger partial charge on any atom is 0.353 e. The first kappa shape index (κ1) is 15.5. The molecule has 6 heteroatoms. The van der Waals surface area contributed by atoms with Crippen LogP contribution in [0.5, 0.6) is 0 Å². The lowest BCUT2D eigenvalue weighted by molar-refractivity contribution is -0.134. The molecule has 0 amide bonds. The molecule has 0 unspecified atom stereocenters. The largest absolute Gasteiger partial charge is 0.615 e. The maximum absolute atomic E-state index is 13.0. The molecule has 2 rings (SSSR count). The molecule has 1 atom stereocenters. The van der Waals surface area contributed by atoms with Crippen molar-refractivity contribution >= 4 is 17.1 Å². The van der Waals surface area contributed by atoms with Crippen LogP contribution >= 0.6 is 0 Å². The number of rotatable bonds is 5. The average Bonchev–Trinajstić information content (AvgIpc) is 2.42. The van der Waals surface area contributed by atoms with Gasteiger partial charge in [0, 0.05) is 11.1 Å². The van der Waals surface area contributed by atoms with Gasteiger partial charge in [0.2, 0.25) is 5.75 Å². The van der Waals surface area contributed by atoms with E-state index in [1.54, 1.807) is 0 Å². The zero-order valence-corrected chi connectivity index (χ0v) is 11.6. The van der Waals surface area contributed by atoms with Gasteiger partial charge in [0.1, 0.15) is 11.6 Å². The summed E-state index contributed by atoms with van der Waals surface area (Å²) in [6, 6.07) is 10.6. The lowest BCUT2D eigenvalue weighted by atomic mass is 10.0. The fraction of sp³-hybridized carbons (Fsp3) is 0.133. The number of carboxylic acids is 1. The van der Waals surface area contributed by atoms with Gasteiger partial charge >= 0.3 is 5.97 Å². The Morgan fingerprint density at radius 2 is 1.38 bits per heavy atom. The van der Waals surface area contributed by atoms with Crippen molar-refractivity contribution in [3.05, 3.63) is 71.3 Å². The smallest absolute Gasteiger partial charge is 0.353 e. The van der Waals surface area contributed by atoms with Gasteiger partial charge in [-0.3, -0.25) is 0 Å². The molecule has 0 saturated heterocycles. The molecule has 110 valence electrons. The van der Waals surface area contributed by atoms with Crippen LogP contribution in [0.4, 0.5) is 8.78 Å². The minimum Gasteiger partial charge on any atom is -0.615 e. The molecule has 1 N–H and O–H groups in total. The molecule has 2 aromatic carbocycles. The van der Waals surface area contributed by atoms with Gasteiger partial charge in [0.15, 0.2) is 5.25 Å². The zero-order valence-electron chi connectivity index (χ0n) is 10.8. The second-order valence-electron chi connectivity index (χ2n) is 4.40. The molecule has 0 spiro atoms. The number of halogens is 2. The van der Waals surface area contributed by atoms with Gasteiger partial charge in [-0.2, -0.15) is 0 Å². The Morgan fingerprint density at radius 3 is 1.71 bits per heavy atom. The van der Waals surface area contributed by atoms with Crippen LogP contribution < -0.4 is 0 Å². The van der Waals surface area contributed by atoms with Crippen LogP contribution in [-0.4, -0.2) is 21.4 Å². The SMILES string of the molecule is O=C(O)C[S@+]([O-])C(c1ccc(F)cc1)c1ccc(F)cc1. The van der Waals surface area contributed by atoms with Crippen LogP contribution in [0.2, 0.25) is 0 Å². The Hall–Kier alpha value is -1.92.